The van der Waals surface area contributed by atoms with E-state index in [0.717, 1.165) is 49.0 Å². The quantitative estimate of drug-likeness (QED) is 0.657. The molecule has 0 radical (unpaired) electrons. The van der Waals surface area contributed by atoms with Crippen molar-refractivity contribution in [2.75, 3.05) is 31.1 Å². The summed E-state index contributed by atoms with van der Waals surface area (Å²) in [5.41, 5.74) is 2.74. The van der Waals surface area contributed by atoms with Gasteiger partial charge in [0.2, 0.25) is 0 Å². The molecular formula is C19H23F3N4O3S. The first-order chi connectivity index (χ1) is 14.2. The van der Waals surface area contributed by atoms with Crippen molar-refractivity contribution < 1.29 is 27.9 Å². The minimum absolute atomic E-state index is 0.0481. The zero-order chi connectivity index (χ0) is 22.1. The van der Waals surface area contributed by atoms with E-state index in [1.165, 1.54) is 0 Å². The first-order valence-electron chi connectivity index (χ1n) is 9.28. The van der Waals surface area contributed by atoms with E-state index in [9.17, 15) is 18.0 Å². The van der Waals surface area contributed by atoms with Gasteiger partial charge in [-0.1, -0.05) is 13.0 Å². The van der Waals surface area contributed by atoms with Gasteiger partial charge < -0.3 is 20.6 Å². The second kappa shape index (κ2) is 10.9. The maximum absolute atomic E-state index is 12.4. The molecule has 0 atom stereocenters. The Bertz CT molecular complexity index is 852. The number of anilines is 1. The van der Waals surface area contributed by atoms with Crippen LogP contribution in [0.25, 0.3) is 0 Å². The number of aromatic nitrogens is 1. The fourth-order valence-electron chi connectivity index (χ4n) is 2.63. The molecule has 0 spiro atoms. The zero-order valence-corrected chi connectivity index (χ0v) is 17.1. The van der Waals surface area contributed by atoms with Crippen LogP contribution in [-0.4, -0.2) is 54.3 Å². The van der Waals surface area contributed by atoms with Crippen molar-refractivity contribution in [3.63, 3.8) is 0 Å². The number of benzene rings is 1. The van der Waals surface area contributed by atoms with Gasteiger partial charge in [-0.05, 0) is 24.6 Å². The van der Waals surface area contributed by atoms with Gasteiger partial charge in [0.05, 0.1) is 17.2 Å². The number of rotatable bonds is 5. The molecule has 11 heteroatoms. The van der Waals surface area contributed by atoms with Gasteiger partial charge in [-0.15, -0.1) is 11.3 Å². The third kappa shape index (κ3) is 7.30. The van der Waals surface area contributed by atoms with Crippen molar-refractivity contribution in [3.8, 4) is 0 Å². The van der Waals surface area contributed by atoms with Crippen molar-refractivity contribution in [1.82, 2.24) is 15.6 Å². The molecule has 3 N–H and O–H groups in total. The first-order valence-corrected chi connectivity index (χ1v) is 10.2. The van der Waals surface area contributed by atoms with Gasteiger partial charge in [0, 0.05) is 42.8 Å². The summed E-state index contributed by atoms with van der Waals surface area (Å²) in [6.07, 6.45) is -4.15. The summed E-state index contributed by atoms with van der Waals surface area (Å²) in [4.78, 5) is 28.0. The Hall–Kier alpha value is -2.66. The third-order valence-electron chi connectivity index (χ3n) is 4.16. The highest BCUT2D eigenvalue weighted by molar-refractivity contribution is 7.09. The normalized spacial score (nSPS) is 13.9. The molecule has 1 amide bonds. The summed E-state index contributed by atoms with van der Waals surface area (Å²) in [5.74, 6) is -2.81. The summed E-state index contributed by atoms with van der Waals surface area (Å²) < 4.78 is 31.7. The van der Waals surface area contributed by atoms with E-state index in [-0.39, 0.29) is 5.91 Å². The molecule has 1 aromatic heterocycles. The fourth-order valence-corrected chi connectivity index (χ4v) is 3.38. The van der Waals surface area contributed by atoms with Crippen LogP contribution in [0.2, 0.25) is 0 Å². The fraction of sp³-hybridized carbons (Fsp3) is 0.421. The number of nitrogens with one attached hydrogen (secondary N) is 2. The molecule has 1 aliphatic rings. The van der Waals surface area contributed by atoms with E-state index in [4.69, 9.17) is 9.90 Å². The lowest BCUT2D eigenvalue weighted by atomic mass is 10.1. The largest absolute Gasteiger partial charge is 0.490 e. The van der Waals surface area contributed by atoms with Crippen LogP contribution >= 0.6 is 11.3 Å². The van der Waals surface area contributed by atoms with Crippen LogP contribution in [0.5, 0.6) is 0 Å². The lowest BCUT2D eigenvalue weighted by Crippen LogP contribution is -2.43. The average Bonchev–Trinajstić information content (AvgIpc) is 3.21. The maximum Gasteiger partial charge on any atom is 0.490 e. The summed E-state index contributed by atoms with van der Waals surface area (Å²) in [6, 6.07) is 7.85. The van der Waals surface area contributed by atoms with Crippen LogP contribution in [0.15, 0.2) is 29.6 Å². The lowest BCUT2D eigenvalue weighted by Gasteiger charge is -2.29. The smallest absolute Gasteiger partial charge is 0.475 e. The number of carbonyl (C=O) groups is 2. The number of alkyl halides is 3. The molecular weight excluding hydrogens is 421 g/mol. The molecule has 164 valence electrons. The topological polar surface area (TPSA) is 94.6 Å². The molecule has 3 rings (SSSR count). The van der Waals surface area contributed by atoms with Gasteiger partial charge in [-0.25, -0.2) is 9.78 Å². The Labute approximate surface area is 175 Å². The molecule has 0 bridgehead atoms. The number of carbonyl (C=O) groups excluding carboxylic acids is 1. The van der Waals surface area contributed by atoms with E-state index in [2.05, 4.69) is 33.5 Å². The number of aliphatic carboxylic acids is 1. The number of piperazine rings is 1. The number of thiazole rings is 1. The Morgan fingerprint density at radius 1 is 1.30 bits per heavy atom. The van der Waals surface area contributed by atoms with Crippen molar-refractivity contribution in [3.05, 3.63) is 45.9 Å². The van der Waals surface area contributed by atoms with Gasteiger partial charge in [-0.3, -0.25) is 4.79 Å². The predicted octanol–water partition coefficient (Wildman–Crippen LogP) is 2.68. The number of aryl methyl sites for hydroxylation is 1. The average molecular weight is 444 g/mol. The maximum atomic E-state index is 12.4. The van der Waals surface area contributed by atoms with E-state index in [0.29, 0.717) is 12.1 Å². The molecule has 0 saturated carbocycles. The predicted molar refractivity (Wildman–Crippen MR) is 108 cm³/mol. The number of nitrogens with zero attached hydrogens (tertiary/aromatic N) is 2. The van der Waals surface area contributed by atoms with Gasteiger partial charge in [0.1, 0.15) is 0 Å². The summed E-state index contributed by atoms with van der Waals surface area (Å²) in [5, 5.41) is 16.5. The highest BCUT2D eigenvalue weighted by atomic mass is 32.1. The van der Waals surface area contributed by atoms with Crippen molar-refractivity contribution >= 4 is 28.9 Å². The second-order valence-electron chi connectivity index (χ2n) is 6.36. The molecule has 2 heterocycles. The monoisotopic (exact) mass is 444 g/mol. The Morgan fingerprint density at radius 2 is 1.97 bits per heavy atom. The van der Waals surface area contributed by atoms with E-state index >= 15 is 0 Å². The van der Waals surface area contributed by atoms with Crippen LogP contribution < -0.4 is 15.5 Å². The number of carboxylic acids is 1. The Kier molecular flexibility index (Phi) is 8.60. The lowest BCUT2D eigenvalue weighted by molar-refractivity contribution is -0.192. The molecule has 2 aromatic rings. The number of amides is 1. The van der Waals surface area contributed by atoms with Crippen LogP contribution in [0.3, 0.4) is 0 Å². The number of halogens is 3. The SMILES string of the molecule is CCc1nc(CNC(=O)c2cccc(N3CCNCC3)c2)cs1.O=C(O)C(F)(F)F. The van der Waals surface area contributed by atoms with Crippen LogP contribution in [-0.2, 0) is 17.8 Å². The molecule has 1 saturated heterocycles. The molecule has 0 aliphatic carbocycles. The van der Waals surface area contributed by atoms with Crippen LogP contribution in [0, 0.1) is 0 Å². The van der Waals surface area contributed by atoms with E-state index < -0.39 is 12.1 Å². The number of hydrogen-bond acceptors (Lipinski definition) is 6. The van der Waals surface area contributed by atoms with Crippen LogP contribution in [0.1, 0.15) is 28.0 Å². The summed E-state index contributed by atoms with van der Waals surface area (Å²) in [6.45, 7) is 6.49. The minimum Gasteiger partial charge on any atom is -0.475 e. The highest BCUT2D eigenvalue weighted by Crippen LogP contribution is 2.17. The number of carboxylic acid groups (broad SMARTS) is 1. The molecule has 7 nitrogen and oxygen atoms in total. The third-order valence-corrected chi connectivity index (χ3v) is 5.21. The highest BCUT2D eigenvalue weighted by Gasteiger charge is 2.38. The molecule has 1 aliphatic heterocycles. The molecule has 1 aromatic carbocycles. The van der Waals surface area contributed by atoms with Gasteiger partial charge >= 0.3 is 12.1 Å². The zero-order valence-electron chi connectivity index (χ0n) is 16.3. The van der Waals surface area contributed by atoms with Gasteiger partial charge in [0.25, 0.3) is 5.91 Å². The van der Waals surface area contributed by atoms with Gasteiger partial charge in [0.15, 0.2) is 0 Å². The van der Waals surface area contributed by atoms with Crippen molar-refractivity contribution in [2.24, 2.45) is 0 Å². The van der Waals surface area contributed by atoms with Crippen LogP contribution in [0.4, 0.5) is 18.9 Å². The van der Waals surface area contributed by atoms with E-state index in [1.807, 2.05) is 23.6 Å². The standard InChI is InChI=1S/C17H22N4OS.C2HF3O2/c1-2-16-20-14(12-23-16)11-19-17(22)13-4-3-5-15(10-13)21-8-6-18-7-9-21;3-2(4,5)1(6)7/h3-5,10,12,18H,2,6-9,11H2,1H3,(H,19,22);(H,6,7). The molecule has 1 fully saturated rings. The van der Waals surface area contributed by atoms with E-state index in [1.54, 1.807) is 11.3 Å². The number of hydrogen-bond donors (Lipinski definition) is 3. The summed E-state index contributed by atoms with van der Waals surface area (Å²) in [7, 11) is 0. The first kappa shape index (κ1) is 23.6. The second-order valence-corrected chi connectivity index (χ2v) is 7.30. The Morgan fingerprint density at radius 3 is 2.53 bits per heavy atom. The minimum atomic E-state index is -5.08. The van der Waals surface area contributed by atoms with Gasteiger partial charge in [-0.2, -0.15) is 13.2 Å². The Balaban J connectivity index is 0.000000396. The van der Waals surface area contributed by atoms with Crippen molar-refractivity contribution in [1.29, 1.82) is 0 Å². The van der Waals surface area contributed by atoms with Crippen molar-refractivity contribution in [2.45, 2.75) is 26.1 Å². The molecule has 0 unspecified atom stereocenters. The molecule has 30 heavy (non-hydrogen) atoms. The summed E-state index contributed by atoms with van der Waals surface area (Å²) >= 11 is 1.64.